The van der Waals surface area contributed by atoms with Crippen molar-refractivity contribution in [3.05, 3.63) is 40.9 Å². The van der Waals surface area contributed by atoms with E-state index in [0.717, 1.165) is 27.9 Å². The highest BCUT2D eigenvalue weighted by Crippen LogP contribution is 2.39. The molecule has 1 aromatic rings. The van der Waals surface area contributed by atoms with E-state index < -0.39 is 0 Å². The van der Waals surface area contributed by atoms with Gasteiger partial charge in [0.25, 0.3) is 5.91 Å². The molecular formula is C19H21ClN2O2S. The second kappa shape index (κ2) is 7.04. The van der Waals surface area contributed by atoms with Crippen LogP contribution in [0.15, 0.2) is 35.3 Å². The van der Waals surface area contributed by atoms with Crippen molar-refractivity contribution >= 4 is 34.4 Å². The lowest BCUT2D eigenvalue weighted by Crippen LogP contribution is -2.35. The van der Waals surface area contributed by atoms with Gasteiger partial charge < -0.3 is 10.1 Å². The summed E-state index contributed by atoms with van der Waals surface area (Å²) >= 11 is 7.55. The molecule has 6 heteroatoms. The molecule has 0 radical (unpaired) electrons. The van der Waals surface area contributed by atoms with E-state index >= 15 is 0 Å². The molecule has 1 saturated carbocycles. The Morgan fingerprint density at radius 3 is 2.96 bits per heavy atom. The molecule has 2 aliphatic carbocycles. The number of nitrogens with one attached hydrogen (secondary N) is 1. The van der Waals surface area contributed by atoms with Crippen LogP contribution in [0.1, 0.15) is 24.8 Å². The molecule has 0 aromatic heterocycles. The second-order valence-electron chi connectivity index (χ2n) is 6.94. The molecule has 1 heterocycles. The third kappa shape index (κ3) is 3.72. The number of hydrogen-bond acceptors (Lipinski definition) is 4. The number of nitrogens with zero attached hydrogens (tertiary/aromatic N) is 1. The summed E-state index contributed by atoms with van der Waals surface area (Å²) in [6.07, 6.45) is 7.65. The smallest absolute Gasteiger partial charge is 0.261 e. The molecule has 3 aliphatic rings. The van der Waals surface area contributed by atoms with Gasteiger partial charge in [-0.15, -0.1) is 0 Å². The van der Waals surface area contributed by atoms with E-state index in [2.05, 4.69) is 22.5 Å². The lowest BCUT2D eigenvalue weighted by Gasteiger charge is -2.20. The summed E-state index contributed by atoms with van der Waals surface area (Å²) in [5.41, 5.74) is 0.986. The summed E-state index contributed by atoms with van der Waals surface area (Å²) < 4.78 is 5.76. The largest absolute Gasteiger partial charge is 0.494 e. The normalized spacial score (nSPS) is 30.0. The molecule has 4 rings (SSSR count). The summed E-state index contributed by atoms with van der Waals surface area (Å²) in [5, 5.41) is 4.84. The molecule has 2 bridgehead atoms. The maximum absolute atomic E-state index is 12.1. The molecule has 4 unspecified atom stereocenters. The maximum Gasteiger partial charge on any atom is 0.261 e. The van der Waals surface area contributed by atoms with E-state index in [0.29, 0.717) is 30.9 Å². The van der Waals surface area contributed by atoms with E-state index in [4.69, 9.17) is 16.3 Å². The Balaban J connectivity index is 1.25. The Morgan fingerprint density at radius 1 is 1.36 bits per heavy atom. The number of hydrogen-bond donors (Lipinski definition) is 1. The van der Waals surface area contributed by atoms with Crippen LogP contribution < -0.4 is 10.1 Å². The van der Waals surface area contributed by atoms with Crippen LogP contribution in [0.2, 0.25) is 5.02 Å². The van der Waals surface area contributed by atoms with E-state index in [-0.39, 0.29) is 11.2 Å². The SMILES string of the molecule is Cc1cc(OCCC2SC(NC3CC4C=CC3C4)=NC2=O)ccc1Cl. The van der Waals surface area contributed by atoms with Crippen LogP contribution in [-0.2, 0) is 4.79 Å². The molecular weight excluding hydrogens is 356 g/mol. The van der Waals surface area contributed by atoms with Crippen molar-refractivity contribution in [1.82, 2.24) is 5.32 Å². The lowest BCUT2D eigenvalue weighted by atomic mass is 10.0. The average molecular weight is 377 g/mol. The first-order valence-electron chi connectivity index (χ1n) is 8.71. The van der Waals surface area contributed by atoms with Gasteiger partial charge in [0.15, 0.2) is 5.17 Å². The number of aliphatic imine (C=N–C) groups is 1. The molecule has 1 fully saturated rings. The Kier molecular flexibility index (Phi) is 4.78. The minimum atomic E-state index is -0.148. The first-order chi connectivity index (χ1) is 12.1. The molecule has 1 N–H and O–H groups in total. The van der Waals surface area contributed by atoms with Gasteiger partial charge >= 0.3 is 0 Å². The van der Waals surface area contributed by atoms with Crippen LogP contribution in [-0.4, -0.2) is 29.0 Å². The highest BCUT2D eigenvalue weighted by atomic mass is 35.5. The predicted octanol–water partition coefficient (Wildman–Crippen LogP) is 3.97. The highest BCUT2D eigenvalue weighted by molar-refractivity contribution is 8.15. The Hall–Kier alpha value is -1.46. The van der Waals surface area contributed by atoms with Crippen molar-refractivity contribution in [3.63, 3.8) is 0 Å². The third-order valence-corrected chi connectivity index (χ3v) is 6.69. The van der Waals surface area contributed by atoms with Crippen molar-refractivity contribution in [2.24, 2.45) is 16.8 Å². The van der Waals surface area contributed by atoms with Gasteiger partial charge in [0, 0.05) is 17.5 Å². The van der Waals surface area contributed by atoms with Gasteiger partial charge in [-0.05, 0) is 55.4 Å². The number of carbonyl (C=O) groups is 1. The fourth-order valence-corrected chi connectivity index (χ4v) is 4.85. The minimum Gasteiger partial charge on any atom is -0.494 e. The number of amides is 1. The molecule has 1 aliphatic heterocycles. The number of thioether (sulfide) groups is 1. The minimum absolute atomic E-state index is 0.0536. The maximum atomic E-state index is 12.1. The zero-order valence-corrected chi connectivity index (χ0v) is 15.6. The summed E-state index contributed by atoms with van der Waals surface area (Å²) in [7, 11) is 0. The summed E-state index contributed by atoms with van der Waals surface area (Å²) in [6.45, 7) is 2.44. The van der Waals surface area contributed by atoms with E-state index in [1.807, 2.05) is 25.1 Å². The van der Waals surface area contributed by atoms with Crippen LogP contribution in [0.25, 0.3) is 0 Å². The van der Waals surface area contributed by atoms with Crippen molar-refractivity contribution in [2.75, 3.05) is 6.61 Å². The fraction of sp³-hybridized carbons (Fsp3) is 0.474. The van der Waals surface area contributed by atoms with Crippen LogP contribution in [0.3, 0.4) is 0 Å². The summed E-state index contributed by atoms with van der Waals surface area (Å²) in [6, 6.07) is 6.03. The monoisotopic (exact) mass is 376 g/mol. The second-order valence-corrected chi connectivity index (χ2v) is 8.54. The van der Waals surface area contributed by atoms with E-state index in [1.54, 1.807) is 0 Å². The van der Waals surface area contributed by atoms with E-state index in [1.165, 1.54) is 18.2 Å². The predicted molar refractivity (Wildman–Crippen MR) is 102 cm³/mol. The number of rotatable bonds is 5. The molecule has 0 saturated heterocycles. The Morgan fingerprint density at radius 2 is 2.24 bits per heavy atom. The molecule has 25 heavy (non-hydrogen) atoms. The number of carbonyl (C=O) groups excluding carboxylic acids is 1. The van der Waals surface area contributed by atoms with E-state index in [9.17, 15) is 4.79 Å². The van der Waals surface area contributed by atoms with Crippen LogP contribution in [0.4, 0.5) is 0 Å². The average Bonchev–Trinajstić information content (AvgIpc) is 3.28. The van der Waals surface area contributed by atoms with Gasteiger partial charge in [-0.2, -0.15) is 4.99 Å². The van der Waals surface area contributed by atoms with Gasteiger partial charge in [0.2, 0.25) is 0 Å². The number of amidine groups is 1. The van der Waals surface area contributed by atoms with Crippen LogP contribution in [0, 0.1) is 18.8 Å². The van der Waals surface area contributed by atoms with Crippen molar-refractivity contribution < 1.29 is 9.53 Å². The summed E-state index contributed by atoms with van der Waals surface area (Å²) in [4.78, 5) is 16.3. The zero-order valence-electron chi connectivity index (χ0n) is 14.1. The number of aryl methyl sites for hydroxylation is 1. The first kappa shape index (κ1) is 17.0. The van der Waals surface area contributed by atoms with Gasteiger partial charge in [-0.3, -0.25) is 4.79 Å². The van der Waals surface area contributed by atoms with Gasteiger partial charge in [0.1, 0.15) is 5.75 Å². The highest BCUT2D eigenvalue weighted by Gasteiger charge is 2.38. The molecule has 132 valence electrons. The third-order valence-electron chi connectivity index (χ3n) is 5.11. The van der Waals surface area contributed by atoms with Gasteiger partial charge in [0.05, 0.1) is 11.9 Å². The fourth-order valence-electron chi connectivity index (χ4n) is 3.73. The van der Waals surface area contributed by atoms with Crippen molar-refractivity contribution in [3.8, 4) is 5.75 Å². The number of ether oxygens (including phenoxy) is 1. The molecule has 1 aromatic carbocycles. The lowest BCUT2D eigenvalue weighted by molar-refractivity contribution is -0.117. The number of fused-ring (bicyclic) bond motifs is 2. The Labute approximate surface area is 157 Å². The molecule has 1 amide bonds. The molecule has 0 spiro atoms. The quantitative estimate of drug-likeness (QED) is 0.790. The zero-order chi connectivity index (χ0) is 17.4. The van der Waals surface area contributed by atoms with Crippen molar-refractivity contribution in [2.45, 2.75) is 37.5 Å². The number of allylic oxidation sites excluding steroid dienone is 1. The first-order valence-corrected chi connectivity index (χ1v) is 9.97. The van der Waals surface area contributed by atoms with Crippen molar-refractivity contribution in [1.29, 1.82) is 0 Å². The Bertz CT molecular complexity index is 749. The number of benzene rings is 1. The topological polar surface area (TPSA) is 50.7 Å². The molecule has 4 nitrogen and oxygen atoms in total. The standard InChI is InChI=1S/C19H21ClN2O2S/c1-11-8-14(4-5-15(11)20)24-7-6-17-18(23)22-19(25-17)21-16-10-12-2-3-13(16)9-12/h2-5,8,12-13,16-17H,6-7,9-10H2,1H3,(H,21,22,23). The molecule has 4 atom stereocenters. The van der Waals surface area contributed by atoms with Crippen LogP contribution >= 0.6 is 23.4 Å². The van der Waals surface area contributed by atoms with Crippen LogP contribution in [0.5, 0.6) is 5.75 Å². The van der Waals surface area contributed by atoms with Gasteiger partial charge in [-0.25, -0.2) is 0 Å². The number of halogens is 1. The summed E-state index contributed by atoms with van der Waals surface area (Å²) in [5.74, 6) is 2.03. The van der Waals surface area contributed by atoms with Gasteiger partial charge in [-0.1, -0.05) is 35.5 Å².